The van der Waals surface area contributed by atoms with Crippen molar-refractivity contribution in [3.8, 4) is 11.8 Å². The van der Waals surface area contributed by atoms with E-state index in [1.807, 2.05) is 13.0 Å². The number of ether oxygens (including phenoxy) is 1. The van der Waals surface area contributed by atoms with Crippen LogP contribution in [0.3, 0.4) is 0 Å². The number of para-hydroxylation sites is 2. The molecule has 2 aromatic carbocycles. The fourth-order valence-electron chi connectivity index (χ4n) is 2.23. The molecule has 0 unspecified atom stereocenters. The van der Waals surface area contributed by atoms with Gasteiger partial charge in [-0.2, -0.15) is 5.26 Å². The fourth-order valence-corrected chi connectivity index (χ4v) is 2.23. The van der Waals surface area contributed by atoms with Crippen LogP contribution in [0.15, 0.2) is 54.1 Å². The summed E-state index contributed by atoms with van der Waals surface area (Å²) >= 11 is 0. The summed E-state index contributed by atoms with van der Waals surface area (Å²) in [5.74, 6) is -0.197. The number of hydrogen-bond acceptors (Lipinski definition) is 4. The first-order valence-corrected chi connectivity index (χ1v) is 8.06. The number of nitrogens with one attached hydrogen (secondary N) is 2. The van der Waals surface area contributed by atoms with Gasteiger partial charge in [0, 0.05) is 12.6 Å². The van der Waals surface area contributed by atoms with Gasteiger partial charge in [-0.05, 0) is 42.8 Å². The van der Waals surface area contributed by atoms with E-state index in [4.69, 9.17) is 4.74 Å². The molecule has 0 fully saturated rings. The zero-order chi connectivity index (χ0) is 18.9. The molecule has 6 nitrogen and oxygen atoms in total. The average Bonchev–Trinajstić information content (AvgIpc) is 2.67. The van der Waals surface area contributed by atoms with Crippen molar-refractivity contribution in [2.24, 2.45) is 0 Å². The quantitative estimate of drug-likeness (QED) is 0.619. The van der Waals surface area contributed by atoms with Gasteiger partial charge in [0.05, 0.1) is 12.3 Å². The second-order valence-corrected chi connectivity index (χ2v) is 5.25. The van der Waals surface area contributed by atoms with Gasteiger partial charge >= 0.3 is 0 Å². The zero-order valence-electron chi connectivity index (χ0n) is 14.6. The normalized spacial score (nSPS) is 10.6. The van der Waals surface area contributed by atoms with Crippen molar-refractivity contribution in [2.75, 3.05) is 19.0 Å². The minimum Gasteiger partial charge on any atom is -0.492 e. The molecule has 0 radical (unpaired) electrons. The van der Waals surface area contributed by atoms with Gasteiger partial charge in [-0.25, -0.2) is 0 Å². The number of nitriles is 1. The molecule has 2 aromatic rings. The smallest absolute Gasteiger partial charge is 0.266 e. The lowest BCUT2D eigenvalue weighted by Gasteiger charge is -2.10. The number of amides is 2. The highest BCUT2D eigenvalue weighted by Gasteiger charge is 2.12. The van der Waals surface area contributed by atoms with Crippen molar-refractivity contribution < 1.29 is 14.3 Å². The molecule has 26 heavy (non-hydrogen) atoms. The van der Waals surface area contributed by atoms with Crippen LogP contribution in [0.5, 0.6) is 5.75 Å². The Labute approximate surface area is 152 Å². The zero-order valence-corrected chi connectivity index (χ0v) is 14.6. The maximum Gasteiger partial charge on any atom is 0.266 e. The molecular formula is C20H19N3O3. The largest absolute Gasteiger partial charge is 0.492 e. The number of rotatable bonds is 6. The Balaban J connectivity index is 2.20. The molecule has 0 aliphatic rings. The SMILES string of the molecule is CCOc1ccccc1NC(=O)C(C#N)=Cc1ccc(C(=O)NC)cc1. The molecule has 0 aliphatic carbocycles. The molecule has 132 valence electrons. The van der Waals surface area contributed by atoms with Gasteiger partial charge < -0.3 is 15.4 Å². The Kier molecular flexibility index (Phi) is 6.52. The molecule has 6 heteroatoms. The predicted octanol–water partition coefficient (Wildman–Crippen LogP) is 2.99. The van der Waals surface area contributed by atoms with Crippen LogP contribution in [-0.2, 0) is 4.79 Å². The summed E-state index contributed by atoms with van der Waals surface area (Å²) in [6.45, 7) is 2.31. The molecule has 0 saturated heterocycles. The third kappa shape index (κ3) is 4.71. The Hall–Kier alpha value is -3.59. The first-order chi connectivity index (χ1) is 12.6. The minimum absolute atomic E-state index is 0.0519. The van der Waals surface area contributed by atoms with Crippen LogP contribution in [0.25, 0.3) is 6.08 Å². The maximum absolute atomic E-state index is 12.4. The highest BCUT2D eigenvalue weighted by Crippen LogP contribution is 2.24. The second kappa shape index (κ2) is 9.04. The lowest BCUT2D eigenvalue weighted by atomic mass is 10.1. The Morgan fingerprint density at radius 1 is 1.15 bits per heavy atom. The van der Waals surface area contributed by atoms with Crippen molar-refractivity contribution in [1.29, 1.82) is 5.26 Å². The topological polar surface area (TPSA) is 91.2 Å². The minimum atomic E-state index is -0.532. The highest BCUT2D eigenvalue weighted by atomic mass is 16.5. The van der Waals surface area contributed by atoms with Crippen LogP contribution in [0, 0.1) is 11.3 Å². The first kappa shape index (κ1) is 18.7. The van der Waals surface area contributed by atoms with Crippen LogP contribution in [0.2, 0.25) is 0 Å². The standard InChI is InChI=1S/C20H19N3O3/c1-3-26-18-7-5-4-6-17(18)23-20(25)16(13-21)12-14-8-10-15(11-9-14)19(24)22-2/h4-12H,3H2,1-2H3,(H,22,24)(H,23,25). The molecule has 0 spiro atoms. The van der Waals surface area contributed by atoms with Gasteiger partial charge in [-0.15, -0.1) is 0 Å². The molecule has 0 heterocycles. The van der Waals surface area contributed by atoms with Crippen LogP contribution in [0.1, 0.15) is 22.8 Å². The lowest BCUT2D eigenvalue weighted by Crippen LogP contribution is -2.17. The number of nitrogens with zero attached hydrogens (tertiary/aromatic N) is 1. The van der Waals surface area contributed by atoms with Gasteiger partial charge in [-0.3, -0.25) is 9.59 Å². The van der Waals surface area contributed by atoms with E-state index < -0.39 is 5.91 Å². The van der Waals surface area contributed by atoms with Crippen LogP contribution < -0.4 is 15.4 Å². The van der Waals surface area contributed by atoms with Gasteiger partial charge in [0.1, 0.15) is 17.4 Å². The summed E-state index contributed by atoms with van der Waals surface area (Å²) in [6.07, 6.45) is 1.46. The molecular weight excluding hydrogens is 330 g/mol. The predicted molar refractivity (Wildman–Crippen MR) is 99.7 cm³/mol. The van der Waals surface area contributed by atoms with E-state index in [0.29, 0.717) is 29.2 Å². The van der Waals surface area contributed by atoms with Crippen molar-refractivity contribution in [3.63, 3.8) is 0 Å². The Bertz CT molecular complexity index is 865. The van der Waals surface area contributed by atoms with E-state index in [0.717, 1.165) is 0 Å². The van der Waals surface area contributed by atoms with Crippen LogP contribution >= 0.6 is 0 Å². The molecule has 2 rings (SSSR count). The number of carbonyl (C=O) groups is 2. The van der Waals surface area contributed by atoms with E-state index >= 15 is 0 Å². The number of carbonyl (C=O) groups excluding carboxylic acids is 2. The van der Waals surface area contributed by atoms with Crippen molar-refractivity contribution in [3.05, 3.63) is 65.2 Å². The third-order valence-electron chi connectivity index (χ3n) is 3.51. The maximum atomic E-state index is 12.4. The lowest BCUT2D eigenvalue weighted by molar-refractivity contribution is -0.112. The summed E-state index contributed by atoms with van der Waals surface area (Å²) < 4.78 is 5.46. The van der Waals surface area contributed by atoms with E-state index in [-0.39, 0.29) is 11.5 Å². The summed E-state index contributed by atoms with van der Waals surface area (Å²) in [5, 5.41) is 14.5. The number of anilines is 1. The summed E-state index contributed by atoms with van der Waals surface area (Å²) in [7, 11) is 1.55. The molecule has 0 aromatic heterocycles. The van der Waals surface area contributed by atoms with Gasteiger partial charge in [0.15, 0.2) is 0 Å². The Morgan fingerprint density at radius 3 is 2.46 bits per heavy atom. The molecule has 0 saturated carbocycles. The fraction of sp³-hybridized carbons (Fsp3) is 0.150. The van der Waals surface area contributed by atoms with Crippen LogP contribution in [0.4, 0.5) is 5.69 Å². The Morgan fingerprint density at radius 2 is 1.85 bits per heavy atom. The number of benzene rings is 2. The number of hydrogen-bond donors (Lipinski definition) is 2. The van der Waals surface area contributed by atoms with Gasteiger partial charge in [0.25, 0.3) is 11.8 Å². The molecule has 2 amide bonds. The first-order valence-electron chi connectivity index (χ1n) is 8.06. The van der Waals surface area contributed by atoms with E-state index in [1.165, 1.54) is 6.08 Å². The van der Waals surface area contributed by atoms with E-state index in [9.17, 15) is 14.9 Å². The van der Waals surface area contributed by atoms with E-state index in [1.54, 1.807) is 55.6 Å². The van der Waals surface area contributed by atoms with Crippen molar-refractivity contribution in [1.82, 2.24) is 5.32 Å². The highest BCUT2D eigenvalue weighted by molar-refractivity contribution is 6.10. The summed E-state index contributed by atoms with van der Waals surface area (Å²) in [5.41, 5.74) is 1.58. The van der Waals surface area contributed by atoms with Crippen LogP contribution in [-0.4, -0.2) is 25.5 Å². The average molecular weight is 349 g/mol. The van der Waals surface area contributed by atoms with Crippen molar-refractivity contribution in [2.45, 2.75) is 6.92 Å². The molecule has 0 aliphatic heterocycles. The molecule has 0 atom stereocenters. The summed E-state index contributed by atoms with van der Waals surface area (Å²) in [4.78, 5) is 23.9. The van der Waals surface area contributed by atoms with Gasteiger partial charge in [0.2, 0.25) is 0 Å². The van der Waals surface area contributed by atoms with Crippen molar-refractivity contribution >= 4 is 23.6 Å². The molecule has 0 bridgehead atoms. The monoisotopic (exact) mass is 349 g/mol. The third-order valence-corrected chi connectivity index (χ3v) is 3.51. The molecule has 2 N–H and O–H groups in total. The van der Waals surface area contributed by atoms with E-state index in [2.05, 4.69) is 10.6 Å². The van der Waals surface area contributed by atoms with Gasteiger partial charge in [-0.1, -0.05) is 24.3 Å². The second-order valence-electron chi connectivity index (χ2n) is 5.25. The summed E-state index contributed by atoms with van der Waals surface area (Å²) in [6, 6.07) is 15.5.